The first kappa shape index (κ1) is 21.2. The number of hydrogen-bond acceptors (Lipinski definition) is 5. The maximum atomic E-state index is 13.1. The number of nitrogens with zero attached hydrogens (tertiary/aromatic N) is 3. The minimum Gasteiger partial charge on any atom is -0.268 e. The van der Waals surface area contributed by atoms with E-state index in [1.807, 2.05) is 93.6 Å². The Morgan fingerprint density at radius 1 is 0.903 bits per heavy atom. The summed E-state index contributed by atoms with van der Waals surface area (Å²) in [6.07, 6.45) is 1.89. The number of thioether (sulfide) groups is 1. The number of rotatable bonds is 4. The molecule has 1 fully saturated rings. The zero-order valence-corrected chi connectivity index (χ0v) is 19.1. The summed E-state index contributed by atoms with van der Waals surface area (Å²) in [6.45, 7) is 5.99. The first-order chi connectivity index (χ1) is 14.9. The second kappa shape index (κ2) is 8.96. The number of anilines is 1. The molecular formula is C25H21N3OS2. The van der Waals surface area contributed by atoms with Crippen molar-refractivity contribution in [3.8, 4) is 0 Å². The van der Waals surface area contributed by atoms with Gasteiger partial charge in [0.05, 0.1) is 22.0 Å². The third kappa shape index (κ3) is 4.65. The maximum Gasteiger partial charge on any atom is 0.270 e. The van der Waals surface area contributed by atoms with E-state index in [4.69, 9.17) is 12.2 Å². The Labute approximate surface area is 191 Å². The summed E-state index contributed by atoms with van der Waals surface area (Å²) in [6, 6.07) is 21.6. The second-order valence-corrected chi connectivity index (χ2v) is 9.06. The fraction of sp³-hybridized carbons (Fsp3) is 0.120. The van der Waals surface area contributed by atoms with Crippen LogP contribution in [0, 0.1) is 20.8 Å². The summed E-state index contributed by atoms with van der Waals surface area (Å²) in [5.74, 6) is -0.104. The third-order valence-corrected chi connectivity index (χ3v) is 6.28. The van der Waals surface area contributed by atoms with E-state index >= 15 is 0 Å². The molecule has 154 valence electrons. The molecule has 1 aliphatic rings. The molecule has 3 aromatic rings. The summed E-state index contributed by atoms with van der Waals surface area (Å²) >= 11 is 6.85. The Balaban J connectivity index is 1.58. The van der Waals surface area contributed by atoms with E-state index in [-0.39, 0.29) is 5.91 Å². The lowest BCUT2D eigenvalue weighted by Crippen LogP contribution is -2.28. The van der Waals surface area contributed by atoms with Gasteiger partial charge in [-0.2, -0.15) is 10.2 Å². The van der Waals surface area contributed by atoms with Gasteiger partial charge in [-0.1, -0.05) is 72.0 Å². The van der Waals surface area contributed by atoms with E-state index < -0.39 is 0 Å². The van der Waals surface area contributed by atoms with E-state index in [0.717, 1.165) is 33.8 Å². The molecule has 0 atom stereocenters. The van der Waals surface area contributed by atoms with Crippen LogP contribution in [0.1, 0.15) is 22.3 Å². The van der Waals surface area contributed by atoms with Crippen LogP contribution in [-0.4, -0.2) is 10.2 Å². The Hall–Kier alpha value is -3.09. The van der Waals surface area contributed by atoms with Crippen LogP contribution >= 0.6 is 24.0 Å². The number of carbonyl (C=O) groups excluding carboxylic acids is 1. The highest BCUT2D eigenvalue weighted by molar-refractivity contribution is 8.27. The highest BCUT2D eigenvalue weighted by atomic mass is 32.2. The average molecular weight is 444 g/mol. The average Bonchev–Trinajstić information content (AvgIpc) is 3.02. The molecule has 6 heteroatoms. The van der Waals surface area contributed by atoms with Crippen LogP contribution in [0.15, 0.2) is 81.9 Å². The third-order valence-electron chi connectivity index (χ3n) is 4.98. The molecule has 1 heterocycles. The minimum absolute atomic E-state index is 0.104. The van der Waals surface area contributed by atoms with Crippen LogP contribution < -0.4 is 4.90 Å². The fourth-order valence-corrected chi connectivity index (χ4v) is 4.51. The van der Waals surface area contributed by atoms with Crippen molar-refractivity contribution < 1.29 is 4.79 Å². The molecule has 0 spiro atoms. The molecule has 4 nitrogen and oxygen atoms in total. The molecule has 0 aromatic heterocycles. The summed E-state index contributed by atoms with van der Waals surface area (Å²) in [5.41, 5.74) is 6.47. The SMILES string of the molecule is Cc1ccc(/C=C2\SC(=S)N(c3ccc(N=Nc4ccccc4C)cc3C)C2=O)cc1. The molecule has 0 N–H and O–H groups in total. The first-order valence-corrected chi connectivity index (χ1v) is 11.1. The normalized spacial score (nSPS) is 15.5. The molecule has 1 aliphatic heterocycles. The summed E-state index contributed by atoms with van der Waals surface area (Å²) in [5, 5.41) is 8.70. The fourth-order valence-electron chi connectivity index (χ4n) is 3.23. The standard InChI is InChI=1S/C25H21N3OS2/c1-16-8-10-19(11-9-16)15-23-24(29)28(25(30)31-23)22-13-12-20(14-18(22)3)26-27-21-7-5-4-6-17(21)2/h4-15H,1-3H3/b23-15-,27-26?. The zero-order valence-electron chi connectivity index (χ0n) is 17.5. The van der Waals surface area contributed by atoms with Gasteiger partial charge in [-0.25, -0.2) is 0 Å². The van der Waals surface area contributed by atoms with Gasteiger partial charge >= 0.3 is 0 Å². The lowest BCUT2D eigenvalue weighted by molar-refractivity contribution is -0.113. The first-order valence-electron chi connectivity index (χ1n) is 9.85. The van der Waals surface area contributed by atoms with Gasteiger partial charge in [0.2, 0.25) is 0 Å². The van der Waals surface area contributed by atoms with Crippen LogP contribution in [0.5, 0.6) is 0 Å². The number of amides is 1. The van der Waals surface area contributed by atoms with Gasteiger partial charge < -0.3 is 0 Å². The lowest BCUT2D eigenvalue weighted by Gasteiger charge is -2.17. The van der Waals surface area contributed by atoms with Crippen molar-refractivity contribution in [3.05, 3.63) is 93.9 Å². The van der Waals surface area contributed by atoms with Gasteiger partial charge in [-0.15, -0.1) is 0 Å². The van der Waals surface area contributed by atoms with Crippen LogP contribution in [-0.2, 0) is 4.79 Å². The molecule has 3 aromatic carbocycles. The highest BCUT2D eigenvalue weighted by Gasteiger charge is 2.34. The van der Waals surface area contributed by atoms with Gasteiger partial charge in [-0.3, -0.25) is 9.69 Å². The van der Waals surface area contributed by atoms with Gasteiger partial charge in [0.25, 0.3) is 5.91 Å². The predicted molar refractivity (Wildman–Crippen MR) is 133 cm³/mol. The van der Waals surface area contributed by atoms with Gasteiger partial charge in [0, 0.05) is 0 Å². The topological polar surface area (TPSA) is 45.0 Å². The molecule has 4 rings (SSSR count). The second-order valence-electron chi connectivity index (χ2n) is 7.39. The van der Waals surface area contributed by atoms with E-state index in [1.54, 1.807) is 4.90 Å². The van der Waals surface area contributed by atoms with E-state index in [9.17, 15) is 4.79 Å². The minimum atomic E-state index is -0.104. The maximum absolute atomic E-state index is 13.1. The number of benzene rings is 3. The highest BCUT2D eigenvalue weighted by Crippen LogP contribution is 2.38. The number of hydrogen-bond donors (Lipinski definition) is 0. The van der Waals surface area contributed by atoms with Crippen molar-refractivity contribution in [2.24, 2.45) is 10.2 Å². The molecule has 1 amide bonds. The lowest BCUT2D eigenvalue weighted by atomic mass is 10.1. The number of thiocarbonyl (C=S) groups is 1. The van der Waals surface area contributed by atoms with Crippen molar-refractivity contribution in [1.29, 1.82) is 0 Å². The molecule has 0 radical (unpaired) electrons. The Kier molecular flexibility index (Phi) is 6.11. The van der Waals surface area contributed by atoms with Gasteiger partial charge in [0.1, 0.15) is 0 Å². The molecule has 31 heavy (non-hydrogen) atoms. The van der Waals surface area contributed by atoms with Crippen LogP contribution in [0.4, 0.5) is 17.1 Å². The monoisotopic (exact) mass is 443 g/mol. The number of azo groups is 1. The smallest absolute Gasteiger partial charge is 0.268 e. The molecule has 0 bridgehead atoms. The van der Waals surface area contributed by atoms with Gasteiger partial charge in [0.15, 0.2) is 4.32 Å². The van der Waals surface area contributed by atoms with Crippen molar-refractivity contribution in [2.75, 3.05) is 4.90 Å². The van der Waals surface area contributed by atoms with E-state index in [2.05, 4.69) is 10.2 Å². The van der Waals surface area contributed by atoms with Crippen molar-refractivity contribution in [3.63, 3.8) is 0 Å². The zero-order chi connectivity index (χ0) is 22.0. The largest absolute Gasteiger partial charge is 0.270 e. The molecule has 0 saturated carbocycles. The molecular weight excluding hydrogens is 422 g/mol. The van der Waals surface area contributed by atoms with Crippen molar-refractivity contribution >= 4 is 57.3 Å². The summed E-state index contributed by atoms with van der Waals surface area (Å²) in [4.78, 5) is 15.3. The van der Waals surface area contributed by atoms with Crippen LogP contribution in [0.2, 0.25) is 0 Å². The molecule has 0 aliphatic carbocycles. The Morgan fingerprint density at radius 2 is 1.65 bits per heavy atom. The van der Waals surface area contributed by atoms with Gasteiger partial charge in [-0.05, 0) is 67.8 Å². The number of carbonyl (C=O) groups is 1. The van der Waals surface area contributed by atoms with E-state index in [0.29, 0.717) is 9.23 Å². The van der Waals surface area contributed by atoms with Crippen molar-refractivity contribution in [1.82, 2.24) is 0 Å². The van der Waals surface area contributed by atoms with Crippen LogP contribution in [0.25, 0.3) is 6.08 Å². The van der Waals surface area contributed by atoms with Crippen molar-refractivity contribution in [2.45, 2.75) is 20.8 Å². The number of aryl methyl sites for hydroxylation is 3. The Bertz CT molecular complexity index is 1230. The Morgan fingerprint density at radius 3 is 2.35 bits per heavy atom. The van der Waals surface area contributed by atoms with Crippen LogP contribution in [0.3, 0.4) is 0 Å². The molecule has 1 saturated heterocycles. The predicted octanol–water partition coefficient (Wildman–Crippen LogP) is 7.43. The van der Waals surface area contributed by atoms with E-state index in [1.165, 1.54) is 17.3 Å². The summed E-state index contributed by atoms with van der Waals surface area (Å²) in [7, 11) is 0. The molecule has 0 unspecified atom stereocenters. The quantitative estimate of drug-likeness (QED) is 0.239. The summed E-state index contributed by atoms with van der Waals surface area (Å²) < 4.78 is 0.528.